The van der Waals surface area contributed by atoms with Gasteiger partial charge in [-0.25, -0.2) is 8.42 Å². The molecule has 2 N–H and O–H groups in total. The quantitative estimate of drug-likeness (QED) is 0.353. The molecule has 0 saturated carbocycles. The van der Waals surface area contributed by atoms with Gasteiger partial charge in [-0.2, -0.15) is 16.8 Å². The van der Waals surface area contributed by atoms with Crippen LogP contribution >= 0.6 is 0 Å². The summed E-state index contributed by atoms with van der Waals surface area (Å²) < 4.78 is 97.8. The third-order valence-electron chi connectivity index (χ3n) is 5.19. The van der Waals surface area contributed by atoms with Gasteiger partial charge >= 0.3 is 0 Å². The highest BCUT2D eigenvalue weighted by molar-refractivity contribution is 7.91. The number of fused-ring (bicyclic) bond motifs is 6. The summed E-state index contributed by atoms with van der Waals surface area (Å²) in [6.07, 6.45) is 0. The van der Waals surface area contributed by atoms with E-state index in [1.807, 2.05) is 0 Å². The Hall–Kier alpha value is -3.03. The average Bonchev–Trinajstić information content (AvgIpc) is 2.71. The van der Waals surface area contributed by atoms with Gasteiger partial charge in [0, 0.05) is 10.8 Å². The molecule has 1 heterocycles. The fourth-order valence-electron chi connectivity index (χ4n) is 3.68. The maximum Gasteiger partial charge on any atom is 0.294 e. The Morgan fingerprint density at radius 1 is 0.625 bits per heavy atom. The topological polar surface area (TPSA) is 152 Å². The molecule has 0 aromatic heterocycles. The maximum atomic E-state index is 13.3. The molecule has 32 heavy (non-hydrogen) atoms. The fourth-order valence-corrected chi connectivity index (χ4v) is 6.21. The predicted molar refractivity (Wildman–Crippen MR) is 113 cm³/mol. The van der Waals surface area contributed by atoms with Crippen LogP contribution in [0.3, 0.4) is 0 Å². The van der Waals surface area contributed by atoms with E-state index in [-0.39, 0.29) is 32.1 Å². The highest BCUT2D eigenvalue weighted by atomic mass is 32.2. The summed E-state index contributed by atoms with van der Waals surface area (Å²) in [5, 5.41) is 1.15. The minimum atomic E-state index is -4.57. The minimum absolute atomic E-state index is 0.120. The predicted octanol–water partition coefficient (Wildman–Crippen LogP) is 3.42. The Balaban J connectivity index is 1.88. The van der Waals surface area contributed by atoms with Crippen LogP contribution in [0.15, 0.2) is 80.2 Å². The summed E-state index contributed by atoms with van der Waals surface area (Å²) in [6, 6.07) is 12.9. The van der Waals surface area contributed by atoms with Crippen LogP contribution in [-0.2, 0) is 30.1 Å². The molecule has 12 heteroatoms. The third kappa shape index (κ3) is 3.07. The van der Waals surface area contributed by atoms with Crippen LogP contribution in [0.2, 0.25) is 0 Å². The van der Waals surface area contributed by atoms with E-state index in [9.17, 15) is 34.4 Å². The van der Waals surface area contributed by atoms with Gasteiger partial charge in [-0.05, 0) is 47.2 Å². The van der Waals surface area contributed by atoms with E-state index in [1.54, 1.807) is 0 Å². The number of sulfone groups is 1. The molecule has 9 nitrogen and oxygen atoms in total. The van der Waals surface area contributed by atoms with Crippen molar-refractivity contribution in [2.45, 2.75) is 19.6 Å². The van der Waals surface area contributed by atoms with E-state index in [1.165, 1.54) is 48.5 Å². The molecule has 0 radical (unpaired) electrons. The number of hydrogen-bond donors (Lipinski definition) is 2. The van der Waals surface area contributed by atoms with E-state index in [2.05, 4.69) is 0 Å². The van der Waals surface area contributed by atoms with Gasteiger partial charge in [0.15, 0.2) is 11.5 Å². The molecule has 0 saturated heterocycles. The normalized spacial score (nSPS) is 15.2. The zero-order valence-electron chi connectivity index (χ0n) is 15.8. The molecule has 0 fully saturated rings. The number of hydrogen-bond acceptors (Lipinski definition) is 7. The van der Waals surface area contributed by atoms with Crippen molar-refractivity contribution in [1.82, 2.24) is 0 Å². The standard InChI is InChI=1S/C20H12O9S3/c21-30(22)17-7-3-11-1-5-13(31(23,24)25)9-15(11)19(17)29-20-16-10-14(32(26,27)28)6-2-12(16)4-8-18(20)30/h1-10H,(H,23,24,25)(H,26,27,28). The molecular weight excluding hydrogens is 480 g/mol. The lowest BCUT2D eigenvalue weighted by Gasteiger charge is -2.23. The molecule has 1 aliphatic heterocycles. The van der Waals surface area contributed by atoms with E-state index in [4.69, 9.17) is 4.74 Å². The first-order chi connectivity index (χ1) is 14.9. The summed E-state index contributed by atoms with van der Waals surface area (Å²) in [7, 11) is -13.3. The van der Waals surface area contributed by atoms with Gasteiger partial charge < -0.3 is 4.74 Å². The highest BCUT2D eigenvalue weighted by Gasteiger charge is 2.34. The Kier molecular flexibility index (Phi) is 4.23. The minimum Gasteiger partial charge on any atom is -0.453 e. The van der Waals surface area contributed by atoms with Crippen LogP contribution in [0.4, 0.5) is 0 Å². The molecule has 0 bridgehead atoms. The molecule has 0 aliphatic carbocycles. The fraction of sp³-hybridized carbons (Fsp3) is 0. The number of benzene rings is 4. The van der Waals surface area contributed by atoms with Gasteiger partial charge in [0.05, 0.1) is 9.79 Å². The first-order valence-electron chi connectivity index (χ1n) is 8.89. The van der Waals surface area contributed by atoms with Crippen LogP contribution < -0.4 is 4.74 Å². The summed E-state index contributed by atoms with van der Waals surface area (Å²) in [5.41, 5.74) is 0. The first-order valence-corrected chi connectivity index (χ1v) is 13.3. The number of ether oxygens (including phenoxy) is 1. The molecule has 0 amide bonds. The lowest BCUT2D eigenvalue weighted by Crippen LogP contribution is -2.12. The Morgan fingerprint density at radius 3 is 1.38 bits per heavy atom. The summed E-state index contributed by atoms with van der Waals surface area (Å²) in [5.74, 6) is -0.324. The second kappa shape index (κ2) is 6.49. The Bertz CT molecular complexity index is 1680. The smallest absolute Gasteiger partial charge is 0.294 e. The maximum absolute atomic E-state index is 13.3. The largest absolute Gasteiger partial charge is 0.453 e. The van der Waals surface area contributed by atoms with Crippen LogP contribution in [0, 0.1) is 0 Å². The van der Waals surface area contributed by atoms with E-state index >= 15 is 0 Å². The van der Waals surface area contributed by atoms with Crippen molar-refractivity contribution in [2.75, 3.05) is 0 Å². The van der Waals surface area contributed by atoms with Gasteiger partial charge in [-0.15, -0.1) is 0 Å². The SMILES string of the molecule is O=S(=O)(O)c1ccc2ccc3c(c2c1)Oc1c(ccc2ccc(S(=O)(=O)O)cc12)S3(=O)=O. The van der Waals surface area contributed by atoms with Gasteiger partial charge in [-0.3, -0.25) is 9.11 Å². The molecule has 164 valence electrons. The second-order valence-corrected chi connectivity index (χ2v) is 11.8. The van der Waals surface area contributed by atoms with Crippen LogP contribution in [-0.4, -0.2) is 34.4 Å². The van der Waals surface area contributed by atoms with Gasteiger partial charge in [0.1, 0.15) is 9.79 Å². The highest BCUT2D eigenvalue weighted by Crippen LogP contribution is 2.49. The summed E-state index contributed by atoms with van der Waals surface area (Å²) >= 11 is 0. The molecule has 0 atom stereocenters. The van der Waals surface area contributed by atoms with Crippen LogP contribution in [0.1, 0.15) is 0 Å². The van der Waals surface area contributed by atoms with Crippen LogP contribution in [0.25, 0.3) is 21.5 Å². The van der Waals surface area contributed by atoms with Crippen molar-refractivity contribution in [2.24, 2.45) is 0 Å². The van der Waals surface area contributed by atoms with E-state index in [0.29, 0.717) is 10.8 Å². The van der Waals surface area contributed by atoms with E-state index in [0.717, 1.165) is 12.1 Å². The molecular formula is C20H12O9S3. The number of rotatable bonds is 2. The zero-order chi connectivity index (χ0) is 23.1. The lowest BCUT2D eigenvalue weighted by molar-refractivity contribution is 0.453. The second-order valence-electron chi connectivity index (χ2n) is 7.11. The van der Waals surface area contributed by atoms with Crippen molar-refractivity contribution >= 4 is 51.6 Å². The molecule has 0 spiro atoms. The van der Waals surface area contributed by atoms with Crippen LogP contribution in [0.5, 0.6) is 11.5 Å². The molecule has 4 aromatic carbocycles. The van der Waals surface area contributed by atoms with E-state index < -0.39 is 39.9 Å². The monoisotopic (exact) mass is 492 g/mol. The van der Waals surface area contributed by atoms with Crippen molar-refractivity contribution in [3.8, 4) is 11.5 Å². The van der Waals surface area contributed by atoms with Gasteiger partial charge in [0.2, 0.25) is 9.84 Å². The summed E-state index contributed by atoms with van der Waals surface area (Å²) in [4.78, 5) is -1.32. The summed E-state index contributed by atoms with van der Waals surface area (Å²) in [6.45, 7) is 0. The molecule has 4 aromatic rings. The molecule has 0 unspecified atom stereocenters. The van der Waals surface area contributed by atoms with Crippen molar-refractivity contribution in [3.05, 3.63) is 60.7 Å². The Morgan fingerprint density at radius 2 is 1.00 bits per heavy atom. The molecule has 5 rings (SSSR count). The van der Waals surface area contributed by atoms with Gasteiger partial charge in [0.25, 0.3) is 20.2 Å². The van der Waals surface area contributed by atoms with Gasteiger partial charge in [-0.1, -0.05) is 24.3 Å². The average molecular weight is 493 g/mol. The van der Waals surface area contributed by atoms with Crippen molar-refractivity contribution < 1.29 is 39.1 Å². The van der Waals surface area contributed by atoms with Crippen molar-refractivity contribution in [3.63, 3.8) is 0 Å². The lowest BCUT2D eigenvalue weighted by atomic mass is 10.1. The zero-order valence-corrected chi connectivity index (χ0v) is 18.2. The molecule has 1 aliphatic rings. The Labute approximate surface area is 182 Å². The third-order valence-corrected chi connectivity index (χ3v) is 8.69. The van der Waals surface area contributed by atoms with Crippen molar-refractivity contribution in [1.29, 1.82) is 0 Å². The first kappa shape index (κ1) is 20.8.